The average molecular weight is 278 g/mol. The number of nitrogens with zero attached hydrogens (tertiary/aromatic N) is 1. The monoisotopic (exact) mass is 278 g/mol. The first kappa shape index (κ1) is 14.5. The first-order valence-corrected chi connectivity index (χ1v) is 6.88. The Balaban J connectivity index is 2.21. The summed E-state index contributed by atoms with van der Waals surface area (Å²) in [5, 5.41) is 2.71. The molecular weight excluding hydrogens is 259 g/mol. The van der Waals surface area contributed by atoms with E-state index >= 15 is 0 Å². The van der Waals surface area contributed by atoms with E-state index < -0.39 is 6.04 Å². The normalized spacial score (nSPS) is 20.8. The van der Waals surface area contributed by atoms with Gasteiger partial charge in [-0.1, -0.05) is 25.5 Å². The summed E-state index contributed by atoms with van der Waals surface area (Å²) in [5.41, 5.74) is 0.697. The molecule has 1 aromatic carbocycles. The minimum atomic E-state index is -0.461. The molecule has 5 heteroatoms. The van der Waals surface area contributed by atoms with Crippen LogP contribution < -0.4 is 5.32 Å². The van der Waals surface area contributed by atoms with Gasteiger partial charge in [0.05, 0.1) is 6.04 Å². The SMILES string of the molecule is CCCC1NC(=O)CN(C(C)c2cccc(F)c2)C1=O. The van der Waals surface area contributed by atoms with Gasteiger partial charge in [-0.05, 0) is 31.0 Å². The Morgan fingerprint density at radius 1 is 1.45 bits per heavy atom. The fraction of sp³-hybridized carbons (Fsp3) is 0.467. The van der Waals surface area contributed by atoms with Crippen molar-refractivity contribution in [3.63, 3.8) is 0 Å². The lowest BCUT2D eigenvalue weighted by Crippen LogP contribution is -2.58. The number of piperazine rings is 1. The molecule has 1 aromatic rings. The number of benzene rings is 1. The van der Waals surface area contributed by atoms with E-state index in [1.165, 1.54) is 17.0 Å². The van der Waals surface area contributed by atoms with Crippen molar-refractivity contribution in [2.24, 2.45) is 0 Å². The molecule has 108 valence electrons. The van der Waals surface area contributed by atoms with E-state index in [0.29, 0.717) is 12.0 Å². The average Bonchev–Trinajstić information content (AvgIpc) is 2.42. The molecule has 0 spiro atoms. The number of hydrogen-bond acceptors (Lipinski definition) is 2. The molecule has 1 heterocycles. The van der Waals surface area contributed by atoms with Crippen molar-refractivity contribution in [1.82, 2.24) is 10.2 Å². The highest BCUT2D eigenvalue weighted by molar-refractivity contribution is 5.95. The molecule has 1 N–H and O–H groups in total. The van der Waals surface area contributed by atoms with Gasteiger partial charge in [0.1, 0.15) is 18.4 Å². The number of hydrogen-bond donors (Lipinski definition) is 1. The molecule has 0 radical (unpaired) electrons. The van der Waals surface area contributed by atoms with Gasteiger partial charge in [-0.2, -0.15) is 0 Å². The van der Waals surface area contributed by atoms with Crippen LogP contribution in [0.5, 0.6) is 0 Å². The first-order valence-electron chi connectivity index (χ1n) is 6.88. The molecule has 0 aromatic heterocycles. The van der Waals surface area contributed by atoms with Crippen LogP contribution in [-0.2, 0) is 9.59 Å². The molecule has 1 saturated heterocycles. The van der Waals surface area contributed by atoms with E-state index in [0.717, 1.165) is 6.42 Å². The Morgan fingerprint density at radius 2 is 2.20 bits per heavy atom. The molecule has 0 bridgehead atoms. The zero-order chi connectivity index (χ0) is 14.7. The van der Waals surface area contributed by atoms with E-state index in [-0.39, 0.29) is 30.2 Å². The number of carbonyl (C=O) groups is 2. The Morgan fingerprint density at radius 3 is 2.85 bits per heavy atom. The predicted octanol–water partition coefficient (Wildman–Crippen LogP) is 2.01. The van der Waals surface area contributed by atoms with Crippen molar-refractivity contribution < 1.29 is 14.0 Å². The van der Waals surface area contributed by atoms with Gasteiger partial charge in [0.15, 0.2) is 0 Å². The van der Waals surface area contributed by atoms with Gasteiger partial charge in [-0.3, -0.25) is 9.59 Å². The molecular formula is C15H19FN2O2. The number of carbonyl (C=O) groups excluding carboxylic acids is 2. The van der Waals surface area contributed by atoms with Gasteiger partial charge in [0, 0.05) is 0 Å². The number of nitrogens with one attached hydrogen (secondary N) is 1. The Hall–Kier alpha value is -1.91. The zero-order valence-electron chi connectivity index (χ0n) is 11.7. The lowest BCUT2D eigenvalue weighted by atomic mass is 10.0. The van der Waals surface area contributed by atoms with Crippen molar-refractivity contribution in [1.29, 1.82) is 0 Å². The molecule has 4 nitrogen and oxygen atoms in total. The maximum absolute atomic E-state index is 13.3. The second kappa shape index (κ2) is 6.03. The fourth-order valence-electron chi connectivity index (χ4n) is 2.49. The molecule has 2 amide bonds. The van der Waals surface area contributed by atoms with Crippen molar-refractivity contribution in [3.05, 3.63) is 35.6 Å². The highest BCUT2D eigenvalue weighted by Crippen LogP contribution is 2.23. The maximum Gasteiger partial charge on any atom is 0.246 e. The first-order chi connectivity index (χ1) is 9.52. The molecule has 0 saturated carbocycles. The summed E-state index contributed by atoms with van der Waals surface area (Å²) in [6, 6.07) is 5.36. The van der Waals surface area contributed by atoms with Crippen molar-refractivity contribution in [2.45, 2.75) is 38.8 Å². The van der Waals surface area contributed by atoms with Crippen LogP contribution in [0.2, 0.25) is 0 Å². The molecule has 0 aliphatic carbocycles. The van der Waals surface area contributed by atoms with Crippen LogP contribution >= 0.6 is 0 Å². The molecule has 1 fully saturated rings. The number of rotatable bonds is 4. The van der Waals surface area contributed by atoms with Crippen molar-refractivity contribution in [2.75, 3.05) is 6.54 Å². The Bertz CT molecular complexity index is 518. The minimum Gasteiger partial charge on any atom is -0.343 e. The van der Waals surface area contributed by atoms with Gasteiger partial charge >= 0.3 is 0 Å². The smallest absolute Gasteiger partial charge is 0.246 e. The third-order valence-corrected chi connectivity index (χ3v) is 3.61. The van der Waals surface area contributed by atoms with Crippen LogP contribution in [0.3, 0.4) is 0 Å². The molecule has 2 rings (SSSR count). The highest BCUT2D eigenvalue weighted by atomic mass is 19.1. The summed E-state index contributed by atoms with van der Waals surface area (Å²) in [7, 11) is 0. The zero-order valence-corrected chi connectivity index (χ0v) is 11.7. The minimum absolute atomic E-state index is 0.0245. The third-order valence-electron chi connectivity index (χ3n) is 3.61. The van der Waals surface area contributed by atoms with Crippen LogP contribution in [0.1, 0.15) is 38.3 Å². The molecule has 20 heavy (non-hydrogen) atoms. The largest absolute Gasteiger partial charge is 0.343 e. The van der Waals surface area contributed by atoms with Gasteiger partial charge < -0.3 is 10.2 Å². The quantitative estimate of drug-likeness (QED) is 0.916. The lowest BCUT2D eigenvalue weighted by Gasteiger charge is -2.36. The van der Waals surface area contributed by atoms with Crippen LogP contribution in [0.25, 0.3) is 0 Å². The predicted molar refractivity (Wildman–Crippen MR) is 73.4 cm³/mol. The third kappa shape index (κ3) is 2.98. The van der Waals surface area contributed by atoms with E-state index in [1.807, 2.05) is 13.8 Å². The molecule has 2 atom stereocenters. The van der Waals surface area contributed by atoms with Gasteiger partial charge in [-0.15, -0.1) is 0 Å². The second-order valence-electron chi connectivity index (χ2n) is 5.11. The second-order valence-corrected chi connectivity index (χ2v) is 5.11. The summed E-state index contributed by atoms with van der Waals surface area (Å²) < 4.78 is 13.3. The highest BCUT2D eigenvalue weighted by Gasteiger charge is 2.34. The molecule has 1 aliphatic heterocycles. The summed E-state index contributed by atoms with van der Waals surface area (Å²) in [4.78, 5) is 25.6. The number of halogens is 1. The van der Waals surface area contributed by atoms with Crippen LogP contribution in [-0.4, -0.2) is 29.3 Å². The lowest BCUT2D eigenvalue weighted by molar-refractivity contribution is -0.146. The van der Waals surface area contributed by atoms with E-state index in [1.54, 1.807) is 12.1 Å². The molecule has 2 unspecified atom stereocenters. The molecule has 1 aliphatic rings. The van der Waals surface area contributed by atoms with E-state index in [9.17, 15) is 14.0 Å². The summed E-state index contributed by atoms with van der Waals surface area (Å²) in [5.74, 6) is -0.595. The Kier molecular flexibility index (Phi) is 4.37. The van der Waals surface area contributed by atoms with E-state index in [2.05, 4.69) is 5.32 Å². The van der Waals surface area contributed by atoms with Gasteiger partial charge in [-0.25, -0.2) is 4.39 Å². The topological polar surface area (TPSA) is 49.4 Å². The fourth-order valence-corrected chi connectivity index (χ4v) is 2.49. The van der Waals surface area contributed by atoms with Gasteiger partial charge in [0.25, 0.3) is 0 Å². The van der Waals surface area contributed by atoms with Gasteiger partial charge in [0.2, 0.25) is 11.8 Å². The van der Waals surface area contributed by atoms with Crippen LogP contribution in [0, 0.1) is 5.82 Å². The van der Waals surface area contributed by atoms with Crippen LogP contribution in [0.15, 0.2) is 24.3 Å². The summed E-state index contributed by atoms with van der Waals surface area (Å²) >= 11 is 0. The Labute approximate surface area is 118 Å². The maximum atomic E-state index is 13.3. The van der Waals surface area contributed by atoms with Crippen LogP contribution in [0.4, 0.5) is 4.39 Å². The standard InChI is InChI=1S/C15H19FN2O2/c1-3-5-13-15(20)18(9-14(19)17-13)10(2)11-6-4-7-12(16)8-11/h4,6-8,10,13H,3,5,9H2,1-2H3,(H,17,19). The van der Waals surface area contributed by atoms with Crippen molar-refractivity contribution in [3.8, 4) is 0 Å². The summed E-state index contributed by atoms with van der Waals surface area (Å²) in [6.07, 6.45) is 1.44. The summed E-state index contributed by atoms with van der Waals surface area (Å²) in [6.45, 7) is 3.80. The van der Waals surface area contributed by atoms with Crippen molar-refractivity contribution >= 4 is 11.8 Å². The van der Waals surface area contributed by atoms with E-state index in [4.69, 9.17) is 0 Å². The number of amides is 2.